The summed E-state index contributed by atoms with van der Waals surface area (Å²) in [6.45, 7) is 3.88. The molecule has 5 N–H and O–H groups in total. The maximum atomic E-state index is 12.0. The Kier molecular flexibility index (Phi) is 5.52. The van der Waals surface area contributed by atoms with Crippen LogP contribution in [-0.4, -0.2) is 25.0 Å². The van der Waals surface area contributed by atoms with Gasteiger partial charge in [0, 0.05) is 0 Å². The Morgan fingerprint density at radius 3 is 2.55 bits per heavy atom. The molecule has 0 radical (unpaired) electrons. The van der Waals surface area contributed by atoms with Crippen LogP contribution in [0.5, 0.6) is 0 Å². The molecule has 0 bridgehead atoms. The molecule has 0 spiro atoms. The summed E-state index contributed by atoms with van der Waals surface area (Å²) in [5.41, 5.74) is 12.7. The largest absolute Gasteiger partial charge is 0.465 e. The lowest BCUT2D eigenvalue weighted by molar-refractivity contribution is -0.118. The maximum Gasteiger partial charge on any atom is 0.337 e. The van der Waals surface area contributed by atoms with E-state index in [2.05, 4.69) is 10.1 Å². The van der Waals surface area contributed by atoms with Gasteiger partial charge in [-0.1, -0.05) is 20.3 Å². The number of hydrogen-bond acceptors (Lipinski definition) is 5. The summed E-state index contributed by atoms with van der Waals surface area (Å²) in [7, 11) is 1.29. The van der Waals surface area contributed by atoms with Crippen molar-refractivity contribution in [1.82, 2.24) is 0 Å². The predicted molar refractivity (Wildman–Crippen MR) is 78.3 cm³/mol. The highest BCUT2D eigenvalue weighted by molar-refractivity contribution is 5.99. The van der Waals surface area contributed by atoms with Gasteiger partial charge < -0.3 is 21.5 Å². The van der Waals surface area contributed by atoms with Gasteiger partial charge in [-0.25, -0.2) is 4.79 Å². The minimum atomic E-state index is -0.598. The second-order valence-corrected chi connectivity index (χ2v) is 4.69. The van der Waals surface area contributed by atoms with Crippen molar-refractivity contribution in [2.75, 3.05) is 18.2 Å². The van der Waals surface area contributed by atoms with Crippen LogP contribution in [0.4, 0.5) is 11.4 Å². The first kappa shape index (κ1) is 16.0. The Bertz CT molecular complexity index is 502. The lowest BCUT2D eigenvalue weighted by Crippen LogP contribution is -2.40. The number of nitrogen functional groups attached to an aromatic ring is 1. The summed E-state index contributed by atoms with van der Waals surface area (Å²) in [6.07, 6.45) is 0.811. The van der Waals surface area contributed by atoms with E-state index in [9.17, 15) is 9.59 Å². The van der Waals surface area contributed by atoms with E-state index in [1.54, 1.807) is 6.07 Å². The van der Waals surface area contributed by atoms with E-state index in [-0.39, 0.29) is 17.5 Å². The highest BCUT2D eigenvalue weighted by atomic mass is 16.5. The van der Waals surface area contributed by atoms with Gasteiger partial charge in [-0.2, -0.15) is 0 Å². The number of esters is 1. The summed E-state index contributed by atoms with van der Waals surface area (Å²) in [5, 5.41) is 2.67. The van der Waals surface area contributed by atoms with Crippen molar-refractivity contribution >= 4 is 23.3 Å². The minimum Gasteiger partial charge on any atom is -0.465 e. The zero-order valence-electron chi connectivity index (χ0n) is 12.0. The molecule has 1 aromatic carbocycles. The van der Waals surface area contributed by atoms with Gasteiger partial charge in [0.15, 0.2) is 0 Å². The molecule has 0 saturated carbocycles. The second kappa shape index (κ2) is 6.91. The van der Waals surface area contributed by atoms with E-state index in [1.807, 2.05) is 13.8 Å². The van der Waals surface area contributed by atoms with Crippen molar-refractivity contribution in [2.45, 2.75) is 26.3 Å². The van der Waals surface area contributed by atoms with Crippen LogP contribution < -0.4 is 16.8 Å². The molecule has 0 aliphatic heterocycles. The van der Waals surface area contributed by atoms with E-state index in [4.69, 9.17) is 11.5 Å². The summed E-state index contributed by atoms with van der Waals surface area (Å²) < 4.78 is 4.59. The number of benzene rings is 1. The average molecular weight is 279 g/mol. The molecule has 6 nitrogen and oxygen atoms in total. The molecular weight excluding hydrogens is 258 g/mol. The van der Waals surface area contributed by atoms with Crippen LogP contribution in [0, 0.1) is 5.92 Å². The van der Waals surface area contributed by atoms with Gasteiger partial charge >= 0.3 is 5.97 Å². The van der Waals surface area contributed by atoms with Crippen molar-refractivity contribution in [2.24, 2.45) is 11.7 Å². The Morgan fingerprint density at radius 2 is 2.05 bits per heavy atom. The molecule has 0 aromatic heterocycles. The first-order chi connectivity index (χ1) is 9.40. The average Bonchev–Trinajstić information content (AvgIpc) is 2.46. The third-order valence-corrected chi connectivity index (χ3v) is 3.29. The molecule has 0 heterocycles. The van der Waals surface area contributed by atoms with Crippen LogP contribution in [0.3, 0.4) is 0 Å². The molecule has 110 valence electrons. The molecule has 1 aromatic rings. The molecule has 1 amide bonds. The lowest BCUT2D eigenvalue weighted by Gasteiger charge is -2.18. The van der Waals surface area contributed by atoms with Crippen LogP contribution in [0.1, 0.15) is 30.6 Å². The monoisotopic (exact) mass is 279 g/mol. The normalized spacial score (nSPS) is 13.4. The fraction of sp³-hybridized carbons (Fsp3) is 0.429. The van der Waals surface area contributed by atoms with Gasteiger partial charge in [-0.05, 0) is 24.1 Å². The Labute approximate surface area is 118 Å². The Balaban J connectivity index is 2.84. The minimum absolute atomic E-state index is 0.0746. The molecule has 1 rings (SSSR count). The molecule has 0 aliphatic rings. The number of carbonyl (C=O) groups is 2. The summed E-state index contributed by atoms with van der Waals surface area (Å²) in [6, 6.07) is 3.95. The van der Waals surface area contributed by atoms with Gasteiger partial charge in [-0.15, -0.1) is 0 Å². The summed E-state index contributed by atoms with van der Waals surface area (Å²) in [4.78, 5) is 23.3. The number of carbonyl (C=O) groups excluding carboxylic acids is 2. The third-order valence-electron chi connectivity index (χ3n) is 3.29. The number of hydrogen-bond donors (Lipinski definition) is 3. The summed E-state index contributed by atoms with van der Waals surface area (Å²) >= 11 is 0. The van der Waals surface area contributed by atoms with Gasteiger partial charge in [0.2, 0.25) is 5.91 Å². The van der Waals surface area contributed by atoms with E-state index in [0.29, 0.717) is 11.3 Å². The second-order valence-electron chi connectivity index (χ2n) is 4.69. The molecule has 6 heteroatoms. The van der Waals surface area contributed by atoms with Crippen molar-refractivity contribution in [3.05, 3.63) is 23.8 Å². The van der Waals surface area contributed by atoms with Gasteiger partial charge in [0.1, 0.15) is 0 Å². The highest BCUT2D eigenvalue weighted by Crippen LogP contribution is 2.21. The predicted octanol–water partition coefficient (Wildman–Crippen LogP) is 1.37. The number of nitrogens with two attached hydrogens (primary N) is 2. The topological polar surface area (TPSA) is 107 Å². The van der Waals surface area contributed by atoms with Crippen molar-refractivity contribution in [3.8, 4) is 0 Å². The quantitative estimate of drug-likeness (QED) is 0.557. The number of ether oxygens (including phenoxy) is 1. The number of nitrogens with one attached hydrogen (secondary N) is 1. The third kappa shape index (κ3) is 3.71. The van der Waals surface area contributed by atoms with Gasteiger partial charge in [0.05, 0.1) is 30.1 Å². The van der Waals surface area contributed by atoms with E-state index in [1.165, 1.54) is 19.2 Å². The lowest BCUT2D eigenvalue weighted by atomic mass is 9.99. The molecule has 0 aliphatic carbocycles. The van der Waals surface area contributed by atoms with Crippen molar-refractivity contribution < 1.29 is 14.3 Å². The first-order valence-corrected chi connectivity index (χ1v) is 6.45. The number of rotatable bonds is 5. The molecule has 1 unspecified atom stereocenters. The summed E-state index contributed by atoms with van der Waals surface area (Å²) in [5.74, 6) is -0.701. The highest BCUT2D eigenvalue weighted by Gasteiger charge is 2.20. The van der Waals surface area contributed by atoms with E-state index in [0.717, 1.165) is 6.42 Å². The number of methoxy groups -OCH3 is 1. The number of amides is 1. The SMILES string of the molecule is CCC(C)[C@H](N)C(=O)Nc1ccc(C(=O)OC)cc1N. The molecule has 0 saturated heterocycles. The molecular formula is C14H21N3O3. The van der Waals surface area contributed by atoms with E-state index >= 15 is 0 Å². The van der Waals surface area contributed by atoms with Crippen LogP contribution in [0.2, 0.25) is 0 Å². The van der Waals surface area contributed by atoms with Crippen LogP contribution in [0.25, 0.3) is 0 Å². The molecule has 2 atom stereocenters. The van der Waals surface area contributed by atoms with Crippen LogP contribution in [0.15, 0.2) is 18.2 Å². The van der Waals surface area contributed by atoms with E-state index < -0.39 is 12.0 Å². The fourth-order valence-electron chi connectivity index (χ4n) is 1.65. The molecule has 0 fully saturated rings. The Hall–Kier alpha value is -2.08. The standard InChI is InChI=1S/C14H21N3O3/c1-4-8(2)12(16)13(18)17-11-6-5-9(7-10(11)15)14(19)20-3/h5-8,12H,4,15-16H2,1-3H3,(H,17,18)/t8?,12-/m0/s1. The zero-order chi connectivity index (χ0) is 15.3. The number of anilines is 2. The fourth-order valence-corrected chi connectivity index (χ4v) is 1.65. The zero-order valence-corrected chi connectivity index (χ0v) is 12.0. The Morgan fingerprint density at radius 1 is 1.40 bits per heavy atom. The molecule has 20 heavy (non-hydrogen) atoms. The van der Waals surface area contributed by atoms with Crippen LogP contribution in [-0.2, 0) is 9.53 Å². The van der Waals surface area contributed by atoms with Crippen molar-refractivity contribution in [3.63, 3.8) is 0 Å². The van der Waals surface area contributed by atoms with Gasteiger partial charge in [-0.3, -0.25) is 4.79 Å². The van der Waals surface area contributed by atoms with Gasteiger partial charge in [0.25, 0.3) is 0 Å². The van der Waals surface area contributed by atoms with Crippen molar-refractivity contribution in [1.29, 1.82) is 0 Å². The first-order valence-electron chi connectivity index (χ1n) is 6.45. The maximum absolute atomic E-state index is 12.0. The van der Waals surface area contributed by atoms with Crippen LogP contribution >= 0.6 is 0 Å². The smallest absolute Gasteiger partial charge is 0.337 e.